The van der Waals surface area contributed by atoms with Crippen LogP contribution in [0, 0.1) is 10.1 Å². The zero-order valence-electron chi connectivity index (χ0n) is 15.7. The van der Waals surface area contributed by atoms with Gasteiger partial charge in [0.15, 0.2) is 6.10 Å². The summed E-state index contributed by atoms with van der Waals surface area (Å²) in [7, 11) is 0. The SMILES string of the molecule is C[C@@H](OC(=O)c1ccc2ccccc2c1O)c1nnc(-c2ccc([N+](=O)[O-])cc2)o1. The summed E-state index contributed by atoms with van der Waals surface area (Å²) in [6, 6.07) is 16.0. The molecular weight excluding hydrogens is 390 g/mol. The molecule has 0 aliphatic rings. The van der Waals surface area contributed by atoms with Crippen molar-refractivity contribution < 1.29 is 24.0 Å². The number of fused-ring (bicyclic) bond motifs is 1. The number of ether oxygens (including phenoxy) is 1. The summed E-state index contributed by atoms with van der Waals surface area (Å²) < 4.78 is 10.9. The minimum atomic E-state index is -0.873. The number of carbonyl (C=O) groups excluding carboxylic acids is 1. The minimum Gasteiger partial charge on any atom is -0.506 e. The number of non-ortho nitro benzene ring substituents is 1. The van der Waals surface area contributed by atoms with Gasteiger partial charge >= 0.3 is 5.97 Å². The summed E-state index contributed by atoms with van der Waals surface area (Å²) >= 11 is 0. The second kappa shape index (κ2) is 7.63. The number of esters is 1. The molecule has 0 bridgehead atoms. The van der Waals surface area contributed by atoms with Gasteiger partial charge in [-0.2, -0.15) is 0 Å². The van der Waals surface area contributed by atoms with Crippen molar-refractivity contribution >= 4 is 22.4 Å². The summed E-state index contributed by atoms with van der Waals surface area (Å²) in [4.78, 5) is 22.8. The molecule has 1 heterocycles. The Hall–Kier alpha value is -4.27. The number of benzene rings is 3. The van der Waals surface area contributed by atoms with Crippen molar-refractivity contribution in [3.05, 3.63) is 82.2 Å². The molecule has 30 heavy (non-hydrogen) atoms. The van der Waals surface area contributed by atoms with E-state index in [2.05, 4.69) is 10.2 Å². The lowest BCUT2D eigenvalue weighted by Crippen LogP contribution is -2.10. The van der Waals surface area contributed by atoms with Gasteiger partial charge in [0.25, 0.3) is 11.6 Å². The largest absolute Gasteiger partial charge is 0.506 e. The maximum absolute atomic E-state index is 12.5. The Bertz CT molecular complexity index is 1250. The van der Waals surface area contributed by atoms with E-state index < -0.39 is 17.0 Å². The van der Waals surface area contributed by atoms with Gasteiger partial charge in [-0.1, -0.05) is 30.3 Å². The number of hydrogen-bond acceptors (Lipinski definition) is 8. The lowest BCUT2D eigenvalue weighted by molar-refractivity contribution is -0.384. The van der Waals surface area contributed by atoms with Crippen LogP contribution in [0.1, 0.15) is 29.3 Å². The second-order valence-corrected chi connectivity index (χ2v) is 6.48. The third-order valence-corrected chi connectivity index (χ3v) is 4.52. The fourth-order valence-corrected chi connectivity index (χ4v) is 2.94. The Morgan fingerprint density at radius 3 is 2.57 bits per heavy atom. The Labute approximate surface area is 169 Å². The number of aromatic hydroxyl groups is 1. The molecule has 0 amide bonds. The van der Waals surface area contributed by atoms with E-state index in [9.17, 15) is 20.0 Å². The third-order valence-electron chi connectivity index (χ3n) is 4.52. The van der Waals surface area contributed by atoms with E-state index in [1.807, 2.05) is 12.1 Å². The van der Waals surface area contributed by atoms with Gasteiger partial charge in [0, 0.05) is 23.1 Å². The van der Waals surface area contributed by atoms with Crippen molar-refractivity contribution in [3.63, 3.8) is 0 Å². The van der Waals surface area contributed by atoms with Crippen molar-refractivity contribution in [1.82, 2.24) is 10.2 Å². The van der Waals surface area contributed by atoms with Gasteiger partial charge in [0.2, 0.25) is 5.89 Å². The molecule has 0 unspecified atom stereocenters. The maximum atomic E-state index is 12.5. The molecule has 0 fully saturated rings. The molecule has 0 aliphatic heterocycles. The van der Waals surface area contributed by atoms with Gasteiger partial charge < -0.3 is 14.3 Å². The molecule has 0 spiro atoms. The van der Waals surface area contributed by atoms with Crippen LogP contribution in [0.25, 0.3) is 22.2 Å². The van der Waals surface area contributed by atoms with Gasteiger partial charge in [-0.15, -0.1) is 10.2 Å². The Kier molecular flexibility index (Phi) is 4.85. The summed E-state index contributed by atoms with van der Waals surface area (Å²) in [6.07, 6.45) is -0.873. The van der Waals surface area contributed by atoms with Crippen LogP contribution in [-0.2, 0) is 4.74 Å². The first-order valence-corrected chi connectivity index (χ1v) is 8.94. The Morgan fingerprint density at radius 1 is 1.10 bits per heavy atom. The summed E-state index contributed by atoms with van der Waals surface area (Å²) in [6.45, 7) is 1.56. The smallest absolute Gasteiger partial charge is 0.342 e. The van der Waals surface area contributed by atoms with Crippen molar-refractivity contribution in [1.29, 1.82) is 0 Å². The van der Waals surface area contributed by atoms with E-state index in [0.717, 1.165) is 5.39 Å². The molecule has 0 saturated heterocycles. The molecule has 9 heteroatoms. The summed E-state index contributed by atoms with van der Waals surface area (Å²) in [5.41, 5.74) is 0.455. The van der Waals surface area contributed by atoms with Crippen LogP contribution in [0.5, 0.6) is 5.75 Å². The highest BCUT2D eigenvalue weighted by molar-refractivity contribution is 6.01. The third kappa shape index (κ3) is 3.55. The van der Waals surface area contributed by atoms with Crippen molar-refractivity contribution in [3.8, 4) is 17.2 Å². The molecular formula is C21H15N3O6. The van der Waals surface area contributed by atoms with Crippen LogP contribution in [0.15, 0.2) is 65.1 Å². The highest BCUT2D eigenvalue weighted by Crippen LogP contribution is 2.31. The molecule has 3 aromatic carbocycles. The number of nitro benzene ring substituents is 1. The second-order valence-electron chi connectivity index (χ2n) is 6.48. The van der Waals surface area contributed by atoms with Crippen LogP contribution >= 0.6 is 0 Å². The summed E-state index contributed by atoms with van der Waals surface area (Å²) in [5, 5.41) is 30.3. The number of phenols is 1. The Balaban J connectivity index is 1.52. The fraction of sp³-hybridized carbons (Fsp3) is 0.0952. The first-order chi connectivity index (χ1) is 14.4. The van der Waals surface area contributed by atoms with E-state index >= 15 is 0 Å². The maximum Gasteiger partial charge on any atom is 0.342 e. The number of nitro groups is 1. The topological polar surface area (TPSA) is 129 Å². The van der Waals surface area contributed by atoms with E-state index in [-0.39, 0.29) is 28.8 Å². The van der Waals surface area contributed by atoms with Crippen LogP contribution in [0.4, 0.5) is 5.69 Å². The number of carbonyl (C=O) groups is 1. The first-order valence-electron chi connectivity index (χ1n) is 8.94. The van der Waals surface area contributed by atoms with Crippen LogP contribution in [0.2, 0.25) is 0 Å². The molecule has 1 N–H and O–H groups in total. The van der Waals surface area contributed by atoms with Crippen molar-refractivity contribution in [2.75, 3.05) is 0 Å². The van der Waals surface area contributed by atoms with Crippen molar-refractivity contribution in [2.24, 2.45) is 0 Å². The first kappa shape index (κ1) is 19.1. The van der Waals surface area contributed by atoms with E-state index in [4.69, 9.17) is 9.15 Å². The van der Waals surface area contributed by atoms with Gasteiger partial charge in [-0.3, -0.25) is 10.1 Å². The quantitative estimate of drug-likeness (QED) is 0.293. The predicted octanol–water partition coefficient (Wildman–Crippen LogP) is 4.42. The molecule has 150 valence electrons. The molecule has 0 aliphatic carbocycles. The summed E-state index contributed by atoms with van der Waals surface area (Å²) in [5.74, 6) is -0.712. The number of aromatic nitrogens is 2. The number of nitrogens with zero attached hydrogens (tertiary/aromatic N) is 3. The molecule has 9 nitrogen and oxygen atoms in total. The lowest BCUT2D eigenvalue weighted by Gasteiger charge is -2.11. The van der Waals surface area contributed by atoms with Gasteiger partial charge in [0.05, 0.1) is 4.92 Å². The highest BCUT2D eigenvalue weighted by atomic mass is 16.6. The molecule has 4 aromatic rings. The van der Waals surface area contributed by atoms with Crippen molar-refractivity contribution in [2.45, 2.75) is 13.0 Å². The molecule has 0 saturated carbocycles. The fourth-order valence-electron chi connectivity index (χ4n) is 2.94. The van der Waals surface area contributed by atoms with Crippen LogP contribution < -0.4 is 0 Å². The molecule has 0 radical (unpaired) electrons. The predicted molar refractivity (Wildman–Crippen MR) is 106 cm³/mol. The lowest BCUT2D eigenvalue weighted by atomic mass is 10.1. The van der Waals surface area contributed by atoms with Gasteiger partial charge in [-0.25, -0.2) is 4.79 Å². The molecule has 1 aromatic heterocycles. The van der Waals surface area contributed by atoms with Gasteiger partial charge in [0.1, 0.15) is 11.3 Å². The average molecular weight is 405 g/mol. The normalized spacial score (nSPS) is 11.9. The number of hydrogen-bond donors (Lipinski definition) is 1. The minimum absolute atomic E-state index is 0.0238. The zero-order valence-corrected chi connectivity index (χ0v) is 15.7. The van der Waals surface area contributed by atoms with E-state index in [1.165, 1.54) is 30.3 Å². The number of rotatable bonds is 5. The van der Waals surface area contributed by atoms with E-state index in [1.54, 1.807) is 25.1 Å². The van der Waals surface area contributed by atoms with Crippen LogP contribution in [-0.4, -0.2) is 26.2 Å². The number of phenolic OH excluding ortho intramolecular Hbond substituents is 1. The Morgan fingerprint density at radius 2 is 1.83 bits per heavy atom. The monoisotopic (exact) mass is 405 g/mol. The molecule has 4 rings (SSSR count). The van der Waals surface area contributed by atoms with Crippen LogP contribution in [0.3, 0.4) is 0 Å². The van der Waals surface area contributed by atoms with Gasteiger partial charge in [-0.05, 0) is 30.5 Å². The highest BCUT2D eigenvalue weighted by Gasteiger charge is 2.22. The standard InChI is InChI=1S/C21H15N3O6/c1-12(19-22-23-20(30-19)14-6-9-15(10-7-14)24(27)28)29-21(26)17-11-8-13-4-2-3-5-16(13)18(17)25/h2-12,25H,1H3/t12-/m1/s1. The van der Waals surface area contributed by atoms with E-state index in [0.29, 0.717) is 10.9 Å². The average Bonchev–Trinajstić information content (AvgIpc) is 3.24. The molecule has 1 atom stereocenters. The zero-order chi connectivity index (χ0) is 21.3.